The van der Waals surface area contributed by atoms with E-state index in [0.717, 1.165) is 55.1 Å². The van der Waals surface area contributed by atoms with E-state index in [2.05, 4.69) is 46.4 Å². The van der Waals surface area contributed by atoms with Gasteiger partial charge < -0.3 is 18.9 Å². The Kier molecular flexibility index (Phi) is 6.67. The van der Waals surface area contributed by atoms with Crippen LogP contribution in [0.3, 0.4) is 0 Å². The average molecular weight is 478 g/mol. The van der Waals surface area contributed by atoms with Gasteiger partial charge in [-0.2, -0.15) is 0 Å². The van der Waals surface area contributed by atoms with Crippen molar-refractivity contribution in [3.8, 4) is 11.5 Å². The Hall–Kier alpha value is -3.10. The van der Waals surface area contributed by atoms with Crippen LogP contribution in [0.1, 0.15) is 42.0 Å². The van der Waals surface area contributed by atoms with Gasteiger partial charge in [-0.3, -0.25) is 4.79 Å². The van der Waals surface area contributed by atoms with Crippen molar-refractivity contribution in [3.63, 3.8) is 0 Å². The summed E-state index contributed by atoms with van der Waals surface area (Å²) in [4.78, 5) is 19.9. The highest BCUT2D eigenvalue weighted by Gasteiger charge is 2.35. The molecule has 0 aliphatic carbocycles. The van der Waals surface area contributed by atoms with Crippen molar-refractivity contribution in [2.45, 2.75) is 51.7 Å². The fourth-order valence-corrected chi connectivity index (χ4v) is 5.33. The molecule has 1 amide bonds. The molecular formula is C27H35N5O3. The third-order valence-electron chi connectivity index (χ3n) is 7.63. The van der Waals surface area contributed by atoms with Crippen LogP contribution in [-0.2, 0) is 11.3 Å². The highest BCUT2D eigenvalue weighted by molar-refractivity contribution is 5.82. The molecule has 0 bridgehead atoms. The van der Waals surface area contributed by atoms with Gasteiger partial charge >= 0.3 is 0 Å². The molecule has 2 aliphatic rings. The summed E-state index contributed by atoms with van der Waals surface area (Å²) in [6, 6.07) is 9.89. The smallest absolute Gasteiger partial charge is 0.241 e. The highest BCUT2D eigenvalue weighted by Crippen LogP contribution is 2.34. The van der Waals surface area contributed by atoms with Gasteiger partial charge in [-0.15, -0.1) is 0 Å². The molecule has 0 spiro atoms. The van der Waals surface area contributed by atoms with Gasteiger partial charge in [-0.05, 0) is 80.5 Å². The molecule has 5 rings (SSSR count). The number of hydrogen-bond donors (Lipinski definition) is 2. The minimum Gasteiger partial charge on any atom is -0.497 e. The van der Waals surface area contributed by atoms with E-state index in [9.17, 15) is 4.79 Å². The molecule has 2 aromatic carbocycles. The van der Waals surface area contributed by atoms with Gasteiger partial charge in [0.05, 0.1) is 37.6 Å². The number of nitrogens with one attached hydrogen (secondary N) is 2. The first-order valence-corrected chi connectivity index (χ1v) is 12.4. The lowest BCUT2D eigenvalue weighted by Crippen LogP contribution is -2.48. The number of aromatic nitrogens is 2. The normalized spacial score (nSPS) is 21.0. The van der Waals surface area contributed by atoms with E-state index in [4.69, 9.17) is 9.47 Å². The lowest BCUT2D eigenvalue weighted by Gasteiger charge is -2.33. The number of ether oxygens (including phenoxy) is 2. The summed E-state index contributed by atoms with van der Waals surface area (Å²) in [6.45, 7) is 6.81. The Balaban J connectivity index is 1.18. The molecule has 0 radical (unpaired) electrons. The molecule has 2 unspecified atom stereocenters. The number of imidazole rings is 1. The molecule has 8 heteroatoms. The Morgan fingerprint density at radius 2 is 1.83 bits per heavy atom. The zero-order valence-electron chi connectivity index (χ0n) is 21.0. The van der Waals surface area contributed by atoms with Gasteiger partial charge in [-0.25, -0.2) is 15.8 Å². The Morgan fingerprint density at radius 1 is 1.06 bits per heavy atom. The number of hydrogen-bond acceptors (Lipinski definition) is 6. The van der Waals surface area contributed by atoms with Crippen molar-refractivity contribution in [2.75, 3.05) is 27.3 Å². The van der Waals surface area contributed by atoms with Gasteiger partial charge in [0.15, 0.2) is 0 Å². The maximum atomic E-state index is 13.3. The van der Waals surface area contributed by atoms with Crippen LogP contribution in [0.5, 0.6) is 11.5 Å². The number of fused-ring (bicyclic) bond motifs is 1. The number of aryl methyl sites for hydroxylation is 2. The van der Waals surface area contributed by atoms with Crippen molar-refractivity contribution in [2.24, 2.45) is 5.92 Å². The number of likely N-dealkylation sites (tertiary alicyclic amines) is 1. The number of hydrazine groups is 1. The first kappa shape index (κ1) is 23.6. The average Bonchev–Trinajstić information content (AvgIpc) is 3.52. The summed E-state index contributed by atoms with van der Waals surface area (Å²) in [5.41, 5.74) is 12.3. The number of nitrogens with zero attached hydrogens (tertiary/aromatic N) is 3. The molecule has 186 valence electrons. The number of carbonyl (C=O) groups is 1. The predicted molar refractivity (Wildman–Crippen MR) is 135 cm³/mol. The summed E-state index contributed by atoms with van der Waals surface area (Å²) < 4.78 is 13.2. The van der Waals surface area contributed by atoms with Crippen LogP contribution >= 0.6 is 0 Å². The Labute approximate surface area is 206 Å². The topological polar surface area (TPSA) is 80.7 Å². The van der Waals surface area contributed by atoms with E-state index in [1.807, 2.05) is 29.4 Å². The van der Waals surface area contributed by atoms with Crippen molar-refractivity contribution in [3.05, 3.63) is 53.3 Å². The molecular weight excluding hydrogens is 442 g/mol. The number of piperidine rings is 1. The number of benzene rings is 2. The van der Waals surface area contributed by atoms with E-state index in [-0.39, 0.29) is 18.0 Å². The van der Waals surface area contributed by atoms with Crippen LogP contribution in [0.15, 0.2) is 36.7 Å². The largest absolute Gasteiger partial charge is 0.497 e. The molecule has 1 aromatic heterocycles. The molecule has 2 fully saturated rings. The van der Waals surface area contributed by atoms with Crippen molar-refractivity contribution in [1.82, 2.24) is 25.3 Å². The summed E-state index contributed by atoms with van der Waals surface area (Å²) in [5, 5.41) is 0. The lowest BCUT2D eigenvalue weighted by molar-refractivity contribution is -0.134. The summed E-state index contributed by atoms with van der Waals surface area (Å²) in [6.07, 6.45) is 4.64. The van der Waals surface area contributed by atoms with E-state index < -0.39 is 0 Å². The minimum absolute atomic E-state index is 0.0202. The van der Waals surface area contributed by atoms with Crippen LogP contribution in [0.4, 0.5) is 0 Å². The Bertz CT molecular complexity index is 1210. The highest BCUT2D eigenvalue weighted by atomic mass is 16.5. The third-order valence-corrected chi connectivity index (χ3v) is 7.63. The van der Waals surface area contributed by atoms with Gasteiger partial charge in [0.1, 0.15) is 17.5 Å². The molecule has 2 atom stereocenters. The number of amides is 1. The SMILES string of the molecule is COc1ccc(OC)c(C2CC(C(=O)N3CCC(Cn4cnc5cc(C)c(C)cc54)CC3)NN2)c1. The lowest BCUT2D eigenvalue weighted by atomic mass is 9.95. The van der Waals surface area contributed by atoms with E-state index >= 15 is 0 Å². The molecule has 2 aliphatic heterocycles. The van der Waals surface area contributed by atoms with Crippen LogP contribution in [0.2, 0.25) is 0 Å². The van der Waals surface area contributed by atoms with E-state index in [1.165, 1.54) is 16.6 Å². The zero-order chi connectivity index (χ0) is 24.5. The molecule has 0 saturated carbocycles. The minimum atomic E-state index is -0.253. The molecule has 8 nitrogen and oxygen atoms in total. The van der Waals surface area contributed by atoms with Gasteiger partial charge in [0, 0.05) is 25.2 Å². The second-order valence-electron chi connectivity index (χ2n) is 9.83. The Morgan fingerprint density at radius 3 is 2.57 bits per heavy atom. The van der Waals surface area contributed by atoms with E-state index in [0.29, 0.717) is 12.3 Å². The monoisotopic (exact) mass is 477 g/mol. The summed E-state index contributed by atoms with van der Waals surface area (Å²) in [7, 11) is 3.31. The molecule has 2 N–H and O–H groups in total. The van der Waals surface area contributed by atoms with Crippen LogP contribution in [0.25, 0.3) is 11.0 Å². The number of carbonyl (C=O) groups excluding carboxylic acids is 1. The molecule has 35 heavy (non-hydrogen) atoms. The van der Waals surface area contributed by atoms with Crippen LogP contribution < -0.4 is 20.3 Å². The predicted octanol–water partition coefficient (Wildman–Crippen LogP) is 3.52. The first-order chi connectivity index (χ1) is 17.0. The molecule has 3 heterocycles. The molecule has 2 saturated heterocycles. The quantitative estimate of drug-likeness (QED) is 0.566. The summed E-state index contributed by atoms with van der Waals surface area (Å²) >= 11 is 0. The third kappa shape index (κ3) is 4.73. The van der Waals surface area contributed by atoms with Crippen molar-refractivity contribution < 1.29 is 14.3 Å². The second-order valence-corrected chi connectivity index (χ2v) is 9.83. The zero-order valence-corrected chi connectivity index (χ0v) is 21.0. The van der Waals surface area contributed by atoms with E-state index in [1.54, 1.807) is 14.2 Å². The fourth-order valence-electron chi connectivity index (χ4n) is 5.33. The molecule has 3 aromatic rings. The summed E-state index contributed by atoms with van der Waals surface area (Å²) in [5.74, 6) is 2.27. The second kappa shape index (κ2) is 9.87. The van der Waals surface area contributed by atoms with Crippen LogP contribution in [0, 0.1) is 19.8 Å². The number of methoxy groups -OCH3 is 2. The number of rotatable bonds is 6. The van der Waals surface area contributed by atoms with Crippen molar-refractivity contribution in [1.29, 1.82) is 0 Å². The first-order valence-electron chi connectivity index (χ1n) is 12.4. The fraction of sp³-hybridized carbons (Fsp3) is 0.481. The van der Waals surface area contributed by atoms with Crippen LogP contribution in [-0.4, -0.2) is 53.7 Å². The van der Waals surface area contributed by atoms with Gasteiger partial charge in [0.25, 0.3) is 0 Å². The maximum absolute atomic E-state index is 13.3. The van der Waals surface area contributed by atoms with Gasteiger partial charge in [0.2, 0.25) is 5.91 Å². The van der Waals surface area contributed by atoms with Gasteiger partial charge in [-0.1, -0.05) is 0 Å². The van der Waals surface area contributed by atoms with Crippen molar-refractivity contribution >= 4 is 16.9 Å². The maximum Gasteiger partial charge on any atom is 0.241 e. The standard InChI is InChI=1S/C27H35N5O3/c1-17-11-23-25(12-18(17)2)32(16-28-23)15-19-7-9-31(10-8-19)27(33)24-14-22(29-30-24)21-13-20(34-3)5-6-26(21)35-4/h5-6,11-13,16,19,22,24,29-30H,7-10,14-15H2,1-4H3.